The zero-order valence-electron chi connectivity index (χ0n) is 10.8. The fraction of sp³-hybridized carbons (Fsp3) is 0.231. The van der Waals surface area contributed by atoms with Gasteiger partial charge in [0.1, 0.15) is 12.2 Å². The van der Waals surface area contributed by atoms with Crippen LogP contribution >= 0.6 is 0 Å². The Labute approximate surface area is 116 Å². The predicted octanol–water partition coefficient (Wildman–Crippen LogP) is 2.40. The van der Waals surface area contributed by atoms with Crippen molar-refractivity contribution in [1.82, 2.24) is 0 Å². The van der Waals surface area contributed by atoms with E-state index in [9.17, 15) is 22.8 Å². The molecule has 2 aromatic rings. The van der Waals surface area contributed by atoms with Crippen molar-refractivity contribution in [3.05, 3.63) is 40.2 Å². The first-order chi connectivity index (χ1) is 9.81. The molecule has 1 heterocycles. The average molecular weight is 301 g/mol. The van der Waals surface area contributed by atoms with Gasteiger partial charge >= 0.3 is 6.18 Å². The number of rotatable bonds is 3. The van der Waals surface area contributed by atoms with E-state index in [0.29, 0.717) is 6.07 Å². The molecule has 0 aliphatic rings. The molecule has 0 fully saturated rings. The molecule has 0 unspecified atom stereocenters. The molecule has 1 aromatic heterocycles. The molecule has 0 atom stereocenters. The van der Waals surface area contributed by atoms with Crippen LogP contribution in [0.2, 0.25) is 0 Å². The van der Waals surface area contributed by atoms with Crippen LogP contribution in [-0.4, -0.2) is 19.6 Å². The summed E-state index contributed by atoms with van der Waals surface area (Å²) in [7, 11) is 1.34. The Hall–Kier alpha value is -2.35. The summed E-state index contributed by atoms with van der Waals surface area (Å²) in [5.41, 5.74) is -0.789. The molecule has 0 aliphatic heterocycles. The van der Waals surface area contributed by atoms with E-state index in [1.165, 1.54) is 25.3 Å². The molecule has 0 saturated carbocycles. The Morgan fingerprint density at radius 1 is 1.33 bits per heavy atom. The molecular weight excluding hydrogens is 291 g/mol. The van der Waals surface area contributed by atoms with E-state index >= 15 is 0 Å². The molecule has 1 N–H and O–H groups in total. The molecule has 0 spiro atoms. The van der Waals surface area contributed by atoms with Crippen LogP contribution < -0.4 is 10.7 Å². The van der Waals surface area contributed by atoms with Crippen LogP contribution in [0.3, 0.4) is 0 Å². The van der Waals surface area contributed by atoms with E-state index in [-0.39, 0.29) is 23.3 Å². The molecule has 1 amide bonds. The minimum Gasteiger partial charge on any atom is -0.451 e. The van der Waals surface area contributed by atoms with Crippen LogP contribution in [0, 0.1) is 0 Å². The SMILES string of the molecule is COCC(=O)Nc1ccc2oc(C(F)(F)F)cc(=O)c2c1. The third-order valence-corrected chi connectivity index (χ3v) is 2.57. The second-order valence-corrected chi connectivity index (χ2v) is 4.16. The highest BCUT2D eigenvalue weighted by Crippen LogP contribution is 2.30. The van der Waals surface area contributed by atoms with E-state index in [4.69, 9.17) is 0 Å². The molecule has 0 saturated heterocycles. The van der Waals surface area contributed by atoms with Crippen molar-refractivity contribution in [2.24, 2.45) is 0 Å². The summed E-state index contributed by atoms with van der Waals surface area (Å²) in [6, 6.07) is 4.14. The first-order valence-corrected chi connectivity index (χ1v) is 5.75. The van der Waals surface area contributed by atoms with Gasteiger partial charge in [0.15, 0.2) is 5.43 Å². The molecule has 112 valence electrons. The van der Waals surface area contributed by atoms with Crippen molar-refractivity contribution in [1.29, 1.82) is 0 Å². The second kappa shape index (κ2) is 5.57. The highest BCUT2D eigenvalue weighted by atomic mass is 19.4. The summed E-state index contributed by atoms with van der Waals surface area (Å²) in [6.45, 7) is -0.181. The number of alkyl halides is 3. The van der Waals surface area contributed by atoms with Gasteiger partial charge in [0.2, 0.25) is 11.7 Å². The summed E-state index contributed by atoms with van der Waals surface area (Å²) in [4.78, 5) is 23.0. The van der Waals surface area contributed by atoms with Crippen LogP contribution in [0.25, 0.3) is 11.0 Å². The zero-order chi connectivity index (χ0) is 15.6. The highest BCUT2D eigenvalue weighted by Gasteiger charge is 2.34. The summed E-state index contributed by atoms with van der Waals surface area (Å²) in [5, 5.41) is 2.38. The van der Waals surface area contributed by atoms with Crippen molar-refractivity contribution < 1.29 is 27.1 Å². The number of halogens is 3. The molecular formula is C13H10F3NO4. The van der Waals surface area contributed by atoms with Gasteiger partial charge in [0.05, 0.1) is 5.39 Å². The second-order valence-electron chi connectivity index (χ2n) is 4.16. The number of ether oxygens (including phenoxy) is 1. The average Bonchev–Trinajstić information content (AvgIpc) is 2.38. The van der Waals surface area contributed by atoms with Gasteiger partial charge in [-0.05, 0) is 18.2 Å². The van der Waals surface area contributed by atoms with Crippen molar-refractivity contribution in [3.63, 3.8) is 0 Å². The van der Waals surface area contributed by atoms with Crippen molar-refractivity contribution in [2.45, 2.75) is 6.18 Å². The number of carbonyl (C=O) groups is 1. The Bertz CT molecular complexity index is 736. The number of carbonyl (C=O) groups excluding carboxylic acids is 1. The van der Waals surface area contributed by atoms with Crippen LogP contribution in [0.1, 0.15) is 5.76 Å². The van der Waals surface area contributed by atoms with E-state index in [1.54, 1.807) is 0 Å². The van der Waals surface area contributed by atoms with Crippen LogP contribution in [0.15, 0.2) is 33.5 Å². The highest BCUT2D eigenvalue weighted by molar-refractivity contribution is 5.94. The summed E-state index contributed by atoms with van der Waals surface area (Å²) < 4.78 is 46.9. The molecule has 1 aromatic carbocycles. The Morgan fingerprint density at radius 3 is 2.67 bits per heavy atom. The molecule has 0 radical (unpaired) electrons. The molecule has 0 bridgehead atoms. The van der Waals surface area contributed by atoms with Gasteiger partial charge in [-0.3, -0.25) is 9.59 Å². The summed E-state index contributed by atoms with van der Waals surface area (Å²) >= 11 is 0. The minimum absolute atomic E-state index is 0.0572. The lowest BCUT2D eigenvalue weighted by Gasteiger charge is -2.08. The van der Waals surface area contributed by atoms with E-state index in [2.05, 4.69) is 14.5 Å². The maximum Gasteiger partial charge on any atom is 0.449 e. The molecule has 21 heavy (non-hydrogen) atoms. The lowest BCUT2D eigenvalue weighted by atomic mass is 10.2. The van der Waals surface area contributed by atoms with Gasteiger partial charge in [-0.15, -0.1) is 0 Å². The predicted molar refractivity (Wildman–Crippen MR) is 68.0 cm³/mol. The Balaban J connectivity index is 2.43. The van der Waals surface area contributed by atoms with Gasteiger partial charge in [0.25, 0.3) is 0 Å². The van der Waals surface area contributed by atoms with E-state index in [1.807, 2.05) is 0 Å². The van der Waals surface area contributed by atoms with Gasteiger partial charge < -0.3 is 14.5 Å². The maximum atomic E-state index is 12.5. The standard InChI is InChI=1S/C13H10F3NO4/c1-20-6-12(19)17-7-2-3-10-8(4-7)9(18)5-11(21-10)13(14,15)16/h2-5H,6H2,1H3,(H,17,19). The Kier molecular flexibility index (Phi) is 3.99. The van der Waals surface area contributed by atoms with E-state index < -0.39 is 23.3 Å². The number of hydrogen-bond donors (Lipinski definition) is 1. The zero-order valence-corrected chi connectivity index (χ0v) is 10.8. The minimum atomic E-state index is -4.74. The normalized spacial score (nSPS) is 11.6. The van der Waals surface area contributed by atoms with Gasteiger partial charge in [-0.25, -0.2) is 0 Å². The first kappa shape index (κ1) is 15.0. The number of nitrogens with one attached hydrogen (secondary N) is 1. The molecule has 0 aliphatic carbocycles. The fourth-order valence-electron chi connectivity index (χ4n) is 1.70. The number of methoxy groups -OCH3 is 1. The van der Waals surface area contributed by atoms with E-state index in [0.717, 1.165) is 0 Å². The summed E-state index contributed by atoms with van der Waals surface area (Å²) in [6.07, 6.45) is -4.74. The molecule has 8 heteroatoms. The molecule has 5 nitrogen and oxygen atoms in total. The number of benzene rings is 1. The lowest BCUT2D eigenvalue weighted by Crippen LogP contribution is -2.17. The maximum absolute atomic E-state index is 12.5. The number of hydrogen-bond acceptors (Lipinski definition) is 4. The molecule has 2 rings (SSSR count). The third kappa shape index (κ3) is 3.40. The number of amides is 1. The topological polar surface area (TPSA) is 68.5 Å². The lowest BCUT2D eigenvalue weighted by molar-refractivity contribution is -0.152. The van der Waals surface area contributed by atoms with Crippen molar-refractivity contribution in [3.8, 4) is 0 Å². The largest absolute Gasteiger partial charge is 0.451 e. The van der Waals surface area contributed by atoms with Crippen molar-refractivity contribution >= 4 is 22.6 Å². The van der Waals surface area contributed by atoms with Gasteiger partial charge in [0, 0.05) is 18.9 Å². The quantitative estimate of drug-likeness (QED) is 0.945. The number of fused-ring (bicyclic) bond motifs is 1. The van der Waals surface area contributed by atoms with Gasteiger partial charge in [-0.2, -0.15) is 13.2 Å². The fourth-order valence-corrected chi connectivity index (χ4v) is 1.70. The smallest absolute Gasteiger partial charge is 0.449 e. The van der Waals surface area contributed by atoms with Crippen LogP contribution in [0.5, 0.6) is 0 Å². The third-order valence-electron chi connectivity index (χ3n) is 2.57. The van der Waals surface area contributed by atoms with Crippen LogP contribution in [-0.2, 0) is 15.7 Å². The monoisotopic (exact) mass is 301 g/mol. The summed E-state index contributed by atoms with van der Waals surface area (Å²) in [5.74, 6) is -1.82. The van der Waals surface area contributed by atoms with Crippen LogP contribution in [0.4, 0.5) is 18.9 Å². The first-order valence-electron chi connectivity index (χ1n) is 5.75. The van der Waals surface area contributed by atoms with Crippen molar-refractivity contribution in [2.75, 3.05) is 19.0 Å². The number of anilines is 1. The van der Waals surface area contributed by atoms with Gasteiger partial charge in [-0.1, -0.05) is 0 Å². The Morgan fingerprint density at radius 2 is 2.05 bits per heavy atom.